The summed E-state index contributed by atoms with van der Waals surface area (Å²) in [7, 11) is 0. The summed E-state index contributed by atoms with van der Waals surface area (Å²) in [6.45, 7) is 4.07. The lowest BCUT2D eigenvalue weighted by Crippen LogP contribution is -2.16. The van der Waals surface area contributed by atoms with E-state index in [1.807, 2.05) is 31.2 Å². The molecule has 0 unspecified atom stereocenters. The normalized spacial score (nSPS) is 10.6. The van der Waals surface area contributed by atoms with Crippen LogP contribution in [-0.4, -0.2) is 12.1 Å². The summed E-state index contributed by atoms with van der Waals surface area (Å²) in [6.07, 6.45) is 4.15. The molecule has 0 aliphatic carbocycles. The zero-order valence-corrected chi connectivity index (χ0v) is 9.86. The van der Waals surface area contributed by atoms with Gasteiger partial charge in [-0.3, -0.25) is 4.79 Å². The average molecular weight is 218 g/mol. The Kier molecular flexibility index (Phi) is 5.26. The molecule has 0 spiro atoms. The lowest BCUT2D eigenvalue weighted by molar-refractivity contribution is -0.121. The number of aryl methyl sites for hydroxylation is 1. The largest absolute Gasteiger partial charge is 0.273 e. The molecule has 16 heavy (non-hydrogen) atoms. The molecule has 0 aliphatic heterocycles. The minimum atomic E-state index is -0.0216. The predicted octanol–water partition coefficient (Wildman–Crippen LogP) is 2.64. The average Bonchev–Trinajstić information content (AvgIpc) is 2.29. The molecule has 1 N–H and O–H groups in total. The molecule has 0 saturated carbocycles. The van der Waals surface area contributed by atoms with Crippen molar-refractivity contribution in [2.75, 3.05) is 0 Å². The van der Waals surface area contributed by atoms with Gasteiger partial charge in [0.05, 0.1) is 6.21 Å². The first-order valence-corrected chi connectivity index (χ1v) is 5.61. The van der Waals surface area contributed by atoms with E-state index in [1.54, 1.807) is 6.21 Å². The van der Waals surface area contributed by atoms with Crippen molar-refractivity contribution in [1.29, 1.82) is 0 Å². The first kappa shape index (κ1) is 12.4. The zero-order valence-electron chi connectivity index (χ0n) is 9.86. The van der Waals surface area contributed by atoms with Gasteiger partial charge in [-0.25, -0.2) is 5.43 Å². The van der Waals surface area contributed by atoms with Crippen molar-refractivity contribution in [3.8, 4) is 0 Å². The summed E-state index contributed by atoms with van der Waals surface area (Å²) >= 11 is 0. The van der Waals surface area contributed by atoms with Crippen molar-refractivity contribution < 1.29 is 4.79 Å². The minimum absolute atomic E-state index is 0.0216. The lowest BCUT2D eigenvalue weighted by atomic mass is 10.1. The Morgan fingerprint density at radius 1 is 1.44 bits per heavy atom. The number of nitrogens with one attached hydrogen (secondary N) is 1. The van der Waals surface area contributed by atoms with E-state index in [1.165, 1.54) is 0 Å². The fraction of sp³-hybridized carbons (Fsp3) is 0.385. The molecule has 0 atom stereocenters. The van der Waals surface area contributed by atoms with Gasteiger partial charge in [0, 0.05) is 6.42 Å². The van der Waals surface area contributed by atoms with E-state index in [0.717, 1.165) is 24.0 Å². The summed E-state index contributed by atoms with van der Waals surface area (Å²) in [5.74, 6) is -0.0216. The lowest BCUT2D eigenvalue weighted by Gasteiger charge is -1.99. The van der Waals surface area contributed by atoms with Crippen molar-refractivity contribution >= 4 is 12.1 Å². The predicted molar refractivity (Wildman–Crippen MR) is 66.4 cm³/mol. The number of carbonyl (C=O) groups is 1. The first-order chi connectivity index (χ1) is 7.74. The molecule has 0 heterocycles. The minimum Gasteiger partial charge on any atom is -0.273 e. The van der Waals surface area contributed by atoms with E-state index in [9.17, 15) is 4.79 Å². The Labute approximate surface area is 96.6 Å². The number of hydrogen-bond donors (Lipinski definition) is 1. The Hall–Kier alpha value is -1.64. The van der Waals surface area contributed by atoms with Crippen molar-refractivity contribution in [3.63, 3.8) is 0 Å². The highest BCUT2D eigenvalue weighted by molar-refractivity contribution is 5.83. The molecule has 0 saturated heterocycles. The second kappa shape index (κ2) is 6.77. The maximum Gasteiger partial charge on any atom is 0.240 e. The molecule has 0 bridgehead atoms. The van der Waals surface area contributed by atoms with Gasteiger partial charge in [-0.15, -0.1) is 0 Å². The summed E-state index contributed by atoms with van der Waals surface area (Å²) in [5, 5.41) is 3.93. The van der Waals surface area contributed by atoms with Crippen LogP contribution in [0.3, 0.4) is 0 Å². The Morgan fingerprint density at radius 2 is 2.19 bits per heavy atom. The fourth-order valence-electron chi connectivity index (χ4n) is 1.30. The number of hydrazone groups is 1. The van der Waals surface area contributed by atoms with Crippen LogP contribution in [0.4, 0.5) is 0 Å². The van der Waals surface area contributed by atoms with Gasteiger partial charge >= 0.3 is 0 Å². The van der Waals surface area contributed by atoms with Crippen LogP contribution in [0.5, 0.6) is 0 Å². The van der Waals surface area contributed by atoms with E-state index in [2.05, 4.69) is 17.5 Å². The highest BCUT2D eigenvalue weighted by Gasteiger charge is 1.97. The number of carbonyl (C=O) groups excluding carboxylic acids is 1. The number of unbranched alkanes of at least 4 members (excludes halogenated alkanes) is 1. The van der Waals surface area contributed by atoms with Crippen molar-refractivity contribution in [2.45, 2.75) is 33.1 Å². The van der Waals surface area contributed by atoms with Crippen LogP contribution in [-0.2, 0) is 4.79 Å². The third-order valence-corrected chi connectivity index (χ3v) is 2.34. The van der Waals surface area contributed by atoms with Crippen LogP contribution in [0, 0.1) is 6.92 Å². The van der Waals surface area contributed by atoms with Crippen LogP contribution in [0.2, 0.25) is 0 Å². The van der Waals surface area contributed by atoms with Gasteiger partial charge in [0.15, 0.2) is 0 Å². The molecule has 0 aromatic heterocycles. The Balaban J connectivity index is 2.43. The fourth-order valence-corrected chi connectivity index (χ4v) is 1.30. The molecule has 1 rings (SSSR count). The summed E-state index contributed by atoms with van der Waals surface area (Å²) < 4.78 is 0. The van der Waals surface area contributed by atoms with Gasteiger partial charge in [0.25, 0.3) is 0 Å². The summed E-state index contributed by atoms with van der Waals surface area (Å²) in [6, 6.07) is 7.91. The topological polar surface area (TPSA) is 41.5 Å². The van der Waals surface area contributed by atoms with Gasteiger partial charge < -0.3 is 0 Å². The van der Waals surface area contributed by atoms with Crippen LogP contribution >= 0.6 is 0 Å². The molecule has 0 radical (unpaired) electrons. The molecule has 3 nitrogen and oxygen atoms in total. The number of nitrogens with zero attached hydrogens (tertiary/aromatic N) is 1. The van der Waals surface area contributed by atoms with Crippen molar-refractivity contribution in [2.24, 2.45) is 5.10 Å². The number of rotatable bonds is 5. The molecular formula is C13H18N2O. The second-order valence-corrected chi connectivity index (χ2v) is 3.75. The zero-order chi connectivity index (χ0) is 11.8. The molecule has 1 amide bonds. The third-order valence-electron chi connectivity index (χ3n) is 2.34. The Bertz CT molecular complexity index is 372. The highest BCUT2D eigenvalue weighted by atomic mass is 16.2. The number of amides is 1. The van der Waals surface area contributed by atoms with Gasteiger partial charge in [-0.05, 0) is 24.5 Å². The van der Waals surface area contributed by atoms with Gasteiger partial charge in [0.2, 0.25) is 5.91 Å². The standard InChI is InChI=1S/C13H18N2O/c1-3-4-9-13(16)15-14-10-12-8-6-5-7-11(12)2/h5-8,10H,3-4,9H2,1-2H3,(H,15,16). The molecule has 0 fully saturated rings. The number of hydrogen-bond acceptors (Lipinski definition) is 2. The van der Waals surface area contributed by atoms with E-state index in [0.29, 0.717) is 6.42 Å². The maximum absolute atomic E-state index is 11.3. The number of benzene rings is 1. The van der Waals surface area contributed by atoms with Gasteiger partial charge in [0.1, 0.15) is 0 Å². The molecule has 86 valence electrons. The van der Waals surface area contributed by atoms with Gasteiger partial charge in [-0.1, -0.05) is 37.6 Å². The van der Waals surface area contributed by atoms with Crippen LogP contribution in [0.1, 0.15) is 37.3 Å². The molecule has 1 aromatic carbocycles. The summed E-state index contributed by atoms with van der Waals surface area (Å²) in [5.41, 5.74) is 4.70. The molecule has 1 aromatic rings. The van der Waals surface area contributed by atoms with E-state index < -0.39 is 0 Å². The maximum atomic E-state index is 11.3. The first-order valence-electron chi connectivity index (χ1n) is 5.61. The summed E-state index contributed by atoms with van der Waals surface area (Å²) in [4.78, 5) is 11.3. The van der Waals surface area contributed by atoms with Crippen LogP contribution in [0.25, 0.3) is 0 Å². The second-order valence-electron chi connectivity index (χ2n) is 3.75. The highest BCUT2D eigenvalue weighted by Crippen LogP contribution is 2.03. The molecule has 0 aliphatic rings. The van der Waals surface area contributed by atoms with Crippen LogP contribution < -0.4 is 5.43 Å². The van der Waals surface area contributed by atoms with Crippen molar-refractivity contribution in [3.05, 3.63) is 35.4 Å². The quantitative estimate of drug-likeness (QED) is 0.599. The third kappa shape index (κ3) is 4.26. The monoisotopic (exact) mass is 218 g/mol. The molecular weight excluding hydrogens is 200 g/mol. The Morgan fingerprint density at radius 3 is 2.88 bits per heavy atom. The van der Waals surface area contributed by atoms with Crippen molar-refractivity contribution in [1.82, 2.24) is 5.43 Å². The van der Waals surface area contributed by atoms with E-state index in [4.69, 9.17) is 0 Å². The van der Waals surface area contributed by atoms with Crippen LogP contribution in [0.15, 0.2) is 29.4 Å². The van der Waals surface area contributed by atoms with Gasteiger partial charge in [-0.2, -0.15) is 5.10 Å². The van der Waals surface area contributed by atoms with E-state index in [-0.39, 0.29) is 5.91 Å². The SMILES string of the molecule is CCCCC(=O)NN=Cc1ccccc1C. The van der Waals surface area contributed by atoms with E-state index >= 15 is 0 Å². The smallest absolute Gasteiger partial charge is 0.240 e. The molecule has 3 heteroatoms.